The van der Waals surface area contributed by atoms with Crippen LogP contribution in [0, 0.1) is 0 Å². The minimum Gasteiger partial charge on any atom is -0.462 e. The number of aliphatic hydroxyl groups is 1. The molecule has 1 aliphatic heterocycles. The third kappa shape index (κ3) is 3.26. The van der Waals surface area contributed by atoms with Gasteiger partial charge in [-0.25, -0.2) is 9.78 Å². The number of ether oxygens (including phenoxy) is 2. The summed E-state index contributed by atoms with van der Waals surface area (Å²) in [6.07, 6.45) is 2.94. The fourth-order valence-electron chi connectivity index (χ4n) is 2.21. The van der Waals surface area contributed by atoms with E-state index in [1.807, 2.05) is 0 Å². The lowest BCUT2D eigenvalue weighted by Crippen LogP contribution is -2.47. The summed E-state index contributed by atoms with van der Waals surface area (Å²) in [6.45, 7) is 3.20. The summed E-state index contributed by atoms with van der Waals surface area (Å²) < 4.78 is 10.3. The van der Waals surface area contributed by atoms with Crippen LogP contribution in [0.3, 0.4) is 0 Å². The highest BCUT2D eigenvalue weighted by molar-refractivity contribution is 5.94. The molecule has 1 saturated heterocycles. The lowest BCUT2D eigenvalue weighted by atomic mass is 9.91. The first-order valence-corrected chi connectivity index (χ1v) is 6.80. The topological polar surface area (TPSA) is 80.7 Å². The van der Waals surface area contributed by atoms with Crippen molar-refractivity contribution in [1.82, 2.24) is 4.98 Å². The summed E-state index contributed by atoms with van der Waals surface area (Å²) in [7, 11) is 0. The number of nitrogens with zero attached hydrogens (tertiary/aromatic N) is 1. The van der Waals surface area contributed by atoms with Gasteiger partial charge in [-0.05, 0) is 31.9 Å². The normalized spacial score (nSPS) is 17.5. The number of aliphatic hydroxyl groups excluding tert-OH is 1. The van der Waals surface area contributed by atoms with Crippen molar-refractivity contribution in [2.75, 3.05) is 31.7 Å². The minimum absolute atomic E-state index is 0.0325. The highest BCUT2D eigenvalue weighted by Crippen LogP contribution is 2.26. The molecule has 2 rings (SSSR count). The molecule has 1 aromatic rings. The van der Waals surface area contributed by atoms with Crippen molar-refractivity contribution in [1.29, 1.82) is 0 Å². The van der Waals surface area contributed by atoms with Gasteiger partial charge in [0.25, 0.3) is 0 Å². The molecule has 2 N–H and O–H groups in total. The predicted molar refractivity (Wildman–Crippen MR) is 73.7 cm³/mol. The van der Waals surface area contributed by atoms with Crippen molar-refractivity contribution in [2.45, 2.75) is 25.3 Å². The number of rotatable bonds is 5. The van der Waals surface area contributed by atoms with Gasteiger partial charge >= 0.3 is 5.97 Å². The molecule has 6 heteroatoms. The van der Waals surface area contributed by atoms with E-state index >= 15 is 0 Å². The Kier molecular flexibility index (Phi) is 4.92. The molecular formula is C14H20N2O4. The monoisotopic (exact) mass is 280 g/mol. The fourth-order valence-corrected chi connectivity index (χ4v) is 2.21. The molecular weight excluding hydrogens is 260 g/mol. The van der Waals surface area contributed by atoms with E-state index in [1.54, 1.807) is 25.3 Å². The van der Waals surface area contributed by atoms with Gasteiger partial charge in [0.1, 0.15) is 11.4 Å². The van der Waals surface area contributed by atoms with E-state index in [0.29, 0.717) is 44.0 Å². The number of nitrogens with one attached hydrogen (secondary N) is 1. The van der Waals surface area contributed by atoms with Crippen molar-refractivity contribution >= 4 is 11.8 Å². The van der Waals surface area contributed by atoms with E-state index in [-0.39, 0.29) is 6.61 Å². The number of hydrogen-bond acceptors (Lipinski definition) is 6. The van der Waals surface area contributed by atoms with Crippen molar-refractivity contribution in [3.05, 3.63) is 23.9 Å². The van der Waals surface area contributed by atoms with E-state index in [9.17, 15) is 9.90 Å². The average Bonchev–Trinajstić information content (AvgIpc) is 2.49. The lowest BCUT2D eigenvalue weighted by Gasteiger charge is -2.37. The highest BCUT2D eigenvalue weighted by atomic mass is 16.5. The first-order chi connectivity index (χ1) is 9.71. The van der Waals surface area contributed by atoms with Crippen LogP contribution in [-0.4, -0.2) is 48.0 Å². The summed E-state index contributed by atoms with van der Waals surface area (Å²) in [6, 6.07) is 3.35. The zero-order valence-electron chi connectivity index (χ0n) is 11.6. The molecule has 0 bridgehead atoms. The Balaban J connectivity index is 2.21. The molecule has 0 unspecified atom stereocenters. The summed E-state index contributed by atoms with van der Waals surface area (Å²) in [5, 5.41) is 12.9. The molecule has 0 saturated carbocycles. The SMILES string of the molecule is CCOC(=O)c1cccnc1NC1(CO)CCOCC1. The van der Waals surface area contributed by atoms with Crippen LogP contribution in [0.2, 0.25) is 0 Å². The maximum atomic E-state index is 11.9. The molecule has 110 valence electrons. The molecule has 2 heterocycles. The second kappa shape index (κ2) is 6.67. The third-order valence-electron chi connectivity index (χ3n) is 3.44. The van der Waals surface area contributed by atoms with E-state index in [4.69, 9.17) is 9.47 Å². The van der Waals surface area contributed by atoms with Crippen LogP contribution in [-0.2, 0) is 9.47 Å². The van der Waals surface area contributed by atoms with Crippen molar-refractivity contribution in [3.8, 4) is 0 Å². The third-order valence-corrected chi connectivity index (χ3v) is 3.44. The molecule has 1 aromatic heterocycles. The first kappa shape index (κ1) is 14.7. The van der Waals surface area contributed by atoms with Gasteiger partial charge in [0.2, 0.25) is 0 Å². The van der Waals surface area contributed by atoms with Gasteiger partial charge in [0.05, 0.1) is 18.8 Å². The Morgan fingerprint density at radius 1 is 1.55 bits per heavy atom. The zero-order valence-corrected chi connectivity index (χ0v) is 11.6. The van der Waals surface area contributed by atoms with Gasteiger partial charge < -0.3 is 19.9 Å². The Labute approximate surface area is 118 Å². The summed E-state index contributed by atoms with van der Waals surface area (Å²) in [5.74, 6) is 0.0325. The Morgan fingerprint density at radius 3 is 2.95 bits per heavy atom. The molecule has 6 nitrogen and oxygen atoms in total. The fraction of sp³-hybridized carbons (Fsp3) is 0.571. The van der Waals surface area contributed by atoms with Crippen LogP contribution in [0.5, 0.6) is 0 Å². The minimum atomic E-state index is -0.492. The van der Waals surface area contributed by atoms with E-state index < -0.39 is 11.5 Å². The molecule has 0 amide bonds. The molecule has 1 aliphatic rings. The average molecular weight is 280 g/mol. The second-order valence-corrected chi connectivity index (χ2v) is 4.80. The number of carbonyl (C=O) groups is 1. The number of hydrogen-bond donors (Lipinski definition) is 2. The number of carbonyl (C=O) groups excluding carboxylic acids is 1. The summed E-state index contributed by atoms with van der Waals surface area (Å²) in [5.41, 5.74) is -0.109. The summed E-state index contributed by atoms with van der Waals surface area (Å²) in [4.78, 5) is 16.1. The highest BCUT2D eigenvalue weighted by Gasteiger charge is 2.33. The van der Waals surface area contributed by atoms with Crippen molar-refractivity contribution < 1.29 is 19.4 Å². The van der Waals surface area contributed by atoms with Gasteiger partial charge in [-0.1, -0.05) is 0 Å². The molecule has 1 fully saturated rings. The van der Waals surface area contributed by atoms with Crippen molar-refractivity contribution in [3.63, 3.8) is 0 Å². The van der Waals surface area contributed by atoms with Gasteiger partial charge in [-0.15, -0.1) is 0 Å². The second-order valence-electron chi connectivity index (χ2n) is 4.80. The Hall–Kier alpha value is -1.66. The number of anilines is 1. The smallest absolute Gasteiger partial charge is 0.341 e. The van der Waals surface area contributed by atoms with E-state index in [0.717, 1.165) is 0 Å². The molecule has 0 radical (unpaired) electrons. The van der Waals surface area contributed by atoms with Gasteiger partial charge in [-0.2, -0.15) is 0 Å². The Bertz CT molecular complexity index is 458. The molecule has 0 spiro atoms. The molecule has 0 aliphatic carbocycles. The van der Waals surface area contributed by atoms with Crippen LogP contribution in [0.1, 0.15) is 30.1 Å². The van der Waals surface area contributed by atoms with E-state index in [1.165, 1.54) is 0 Å². The van der Waals surface area contributed by atoms with Crippen LogP contribution < -0.4 is 5.32 Å². The Morgan fingerprint density at radius 2 is 2.30 bits per heavy atom. The van der Waals surface area contributed by atoms with Gasteiger partial charge in [-0.3, -0.25) is 0 Å². The molecule has 0 aromatic carbocycles. The quantitative estimate of drug-likeness (QED) is 0.789. The lowest BCUT2D eigenvalue weighted by molar-refractivity contribution is 0.0376. The number of esters is 1. The molecule has 20 heavy (non-hydrogen) atoms. The van der Waals surface area contributed by atoms with Gasteiger partial charge in [0, 0.05) is 19.4 Å². The standard InChI is InChI=1S/C14H20N2O4/c1-2-20-13(18)11-4-3-7-15-12(11)16-14(10-17)5-8-19-9-6-14/h3-4,7,17H,2,5-6,8-10H2,1H3,(H,15,16). The van der Waals surface area contributed by atoms with Crippen LogP contribution in [0.25, 0.3) is 0 Å². The first-order valence-electron chi connectivity index (χ1n) is 6.80. The van der Waals surface area contributed by atoms with Crippen LogP contribution in [0.15, 0.2) is 18.3 Å². The van der Waals surface area contributed by atoms with E-state index in [2.05, 4.69) is 10.3 Å². The number of aromatic nitrogens is 1. The zero-order chi connectivity index (χ0) is 14.4. The predicted octanol–water partition coefficient (Wildman–Crippen LogP) is 1.21. The molecule has 0 atom stereocenters. The summed E-state index contributed by atoms with van der Waals surface area (Å²) >= 11 is 0. The number of pyridine rings is 1. The van der Waals surface area contributed by atoms with Crippen molar-refractivity contribution in [2.24, 2.45) is 0 Å². The van der Waals surface area contributed by atoms with Gasteiger partial charge in [0.15, 0.2) is 0 Å². The van der Waals surface area contributed by atoms with Crippen LogP contribution >= 0.6 is 0 Å². The maximum absolute atomic E-state index is 11.9. The maximum Gasteiger partial charge on any atom is 0.341 e. The van der Waals surface area contributed by atoms with Crippen LogP contribution in [0.4, 0.5) is 5.82 Å². The largest absolute Gasteiger partial charge is 0.462 e.